The van der Waals surface area contributed by atoms with Crippen molar-refractivity contribution in [1.29, 1.82) is 0 Å². The van der Waals surface area contributed by atoms with E-state index in [1.165, 1.54) is 16.1 Å². The van der Waals surface area contributed by atoms with Crippen molar-refractivity contribution in [3.05, 3.63) is 45.6 Å². The van der Waals surface area contributed by atoms with Crippen molar-refractivity contribution < 1.29 is 9.53 Å². The fourth-order valence-electron chi connectivity index (χ4n) is 2.92. The normalized spacial score (nSPS) is 14.7. The number of amides is 1. The van der Waals surface area contributed by atoms with Gasteiger partial charge in [0.2, 0.25) is 0 Å². The Morgan fingerprint density at radius 2 is 1.96 bits per heavy atom. The van der Waals surface area contributed by atoms with Gasteiger partial charge in [0, 0.05) is 29.3 Å². The maximum atomic E-state index is 12.4. The summed E-state index contributed by atoms with van der Waals surface area (Å²) in [4.78, 5) is 16.8. The standard InChI is InChI=1S/C19H24N2O2S/c1-3-4-15-13-18(24-14(15)2)19(22)20-16-5-7-17(8-6-16)21-9-11-23-12-10-21/h5-8,13H,3-4,9-12H2,1-2H3,(H,20,22). The number of rotatable bonds is 5. The van der Waals surface area contributed by atoms with Gasteiger partial charge in [0.15, 0.2) is 0 Å². The van der Waals surface area contributed by atoms with E-state index in [9.17, 15) is 4.79 Å². The third kappa shape index (κ3) is 3.97. The Morgan fingerprint density at radius 3 is 2.62 bits per heavy atom. The Labute approximate surface area is 147 Å². The Balaban J connectivity index is 1.64. The zero-order valence-electron chi connectivity index (χ0n) is 14.3. The van der Waals surface area contributed by atoms with Gasteiger partial charge in [-0.3, -0.25) is 4.79 Å². The average molecular weight is 344 g/mol. The predicted octanol–water partition coefficient (Wildman–Crippen LogP) is 4.10. The maximum Gasteiger partial charge on any atom is 0.265 e. The van der Waals surface area contributed by atoms with Crippen LogP contribution in [0.3, 0.4) is 0 Å². The highest BCUT2D eigenvalue weighted by molar-refractivity contribution is 7.14. The number of hydrogen-bond acceptors (Lipinski definition) is 4. The molecule has 3 rings (SSSR count). The van der Waals surface area contributed by atoms with Crippen LogP contribution in [0, 0.1) is 6.92 Å². The topological polar surface area (TPSA) is 41.6 Å². The van der Waals surface area contributed by atoms with E-state index in [1.54, 1.807) is 11.3 Å². The molecule has 1 aliphatic heterocycles. The molecule has 2 heterocycles. The number of thiophene rings is 1. The molecule has 0 bridgehead atoms. The van der Waals surface area contributed by atoms with Crippen LogP contribution in [0.25, 0.3) is 0 Å². The number of carbonyl (C=O) groups is 1. The first kappa shape index (κ1) is 17.0. The molecule has 5 heteroatoms. The van der Waals surface area contributed by atoms with Gasteiger partial charge in [0.05, 0.1) is 18.1 Å². The Bertz CT molecular complexity index is 688. The van der Waals surface area contributed by atoms with Crippen LogP contribution in [0.15, 0.2) is 30.3 Å². The van der Waals surface area contributed by atoms with Gasteiger partial charge in [0.25, 0.3) is 5.91 Å². The van der Waals surface area contributed by atoms with Gasteiger partial charge < -0.3 is 15.0 Å². The van der Waals surface area contributed by atoms with E-state index in [-0.39, 0.29) is 5.91 Å². The smallest absolute Gasteiger partial charge is 0.265 e. The summed E-state index contributed by atoms with van der Waals surface area (Å²) in [6.45, 7) is 7.63. The zero-order chi connectivity index (χ0) is 16.9. The molecule has 0 atom stereocenters. The summed E-state index contributed by atoms with van der Waals surface area (Å²) in [6.07, 6.45) is 2.13. The van der Waals surface area contributed by atoms with Crippen LogP contribution in [0.1, 0.15) is 33.5 Å². The summed E-state index contributed by atoms with van der Waals surface area (Å²) >= 11 is 1.57. The summed E-state index contributed by atoms with van der Waals surface area (Å²) in [6, 6.07) is 10.1. The van der Waals surface area contributed by atoms with Crippen LogP contribution in [0.4, 0.5) is 11.4 Å². The number of carbonyl (C=O) groups excluding carboxylic acids is 1. The molecule has 0 spiro atoms. The molecule has 1 aromatic heterocycles. The largest absolute Gasteiger partial charge is 0.378 e. The molecule has 1 saturated heterocycles. The Kier molecular flexibility index (Phi) is 5.53. The summed E-state index contributed by atoms with van der Waals surface area (Å²) in [5.41, 5.74) is 3.30. The van der Waals surface area contributed by atoms with Gasteiger partial charge in [-0.05, 0) is 49.2 Å². The number of benzene rings is 1. The molecule has 1 N–H and O–H groups in total. The minimum atomic E-state index is -0.0235. The lowest BCUT2D eigenvalue weighted by atomic mass is 10.1. The van der Waals surface area contributed by atoms with E-state index in [1.807, 2.05) is 18.2 Å². The molecule has 1 fully saturated rings. The van der Waals surface area contributed by atoms with E-state index < -0.39 is 0 Å². The second-order valence-corrected chi connectivity index (χ2v) is 7.30. The SMILES string of the molecule is CCCc1cc(C(=O)Nc2ccc(N3CCOCC3)cc2)sc1C. The number of aryl methyl sites for hydroxylation is 2. The molecule has 1 aromatic carbocycles. The first-order valence-electron chi connectivity index (χ1n) is 8.51. The minimum absolute atomic E-state index is 0.0235. The van der Waals surface area contributed by atoms with Crippen LogP contribution in [-0.2, 0) is 11.2 Å². The van der Waals surface area contributed by atoms with Gasteiger partial charge in [-0.25, -0.2) is 0 Å². The van der Waals surface area contributed by atoms with E-state index in [4.69, 9.17) is 4.74 Å². The lowest BCUT2D eigenvalue weighted by Crippen LogP contribution is -2.36. The van der Waals surface area contributed by atoms with Crippen molar-refractivity contribution in [2.24, 2.45) is 0 Å². The number of anilines is 2. The fraction of sp³-hybridized carbons (Fsp3) is 0.421. The number of ether oxygens (including phenoxy) is 1. The third-order valence-corrected chi connectivity index (χ3v) is 5.36. The van der Waals surface area contributed by atoms with Crippen molar-refractivity contribution >= 4 is 28.6 Å². The molecule has 2 aromatic rings. The second kappa shape index (κ2) is 7.81. The monoisotopic (exact) mass is 344 g/mol. The summed E-state index contributed by atoms with van der Waals surface area (Å²) in [7, 11) is 0. The first-order chi connectivity index (χ1) is 11.7. The summed E-state index contributed by atoms with van der Waals surface area (Å²) in [5, 5.41) is 3.00. The highest BCUT2D eigenvalue weighted by Crippen LogP contribution is 2.24. The zero-order valence-corrected chi connectivity index (χ0v) is 15.1. The number of morpholine rings is 1. The van der Waals surface area contributed by atoms with Crippen LogP contribution in [-0.4, -0.2) is 32.2 Å². The molecule has 4 nitrogen and oxygen atoms in total. The van der Waals surface area contributed by atoms with Crippen LogP contribution >= 0.6 is 11.3 Å². The van der Waals surface area contributed by atoms with Crippen molar-refractivity contribution in [3.8, 4) is 0 Å². The van der Waals surface area contributed by atoms with Crippen molar-refractivity contribution in [3.63, 3.8) is 0 Å². The third-order valence-electron chi connectivity index (χ3n) is 4.27. The summed E-state index contributed by atoms with van der Waals surface area (Å²) < 4.78 is 5.38. The van der Waals surface area contributed by atoms with Crippen molar-refractivity contribution in [2.75, 3.05) is 36.5 Å². The van der Waals surface area contributed by atoms with Gasteiger partial charge >= 0.3 is 0 Å². The lowest BCUT2D eigenvalue weighted by Gasteiger charge is -2.28. The molecular weight excluding hydrogens is 320 g/mol. The van der Waals surface area contributed by atoms with Gasteiger partial charge in [0.1, 0.15) is 0 Å². The van der Waals surface area contributed by atoms with E-state index in [0.29, 0.717) is 0 Å². The lowest BCUT2D eigenvalue weighted by molar-refractivity contribution is 0.103. The molecule has 0 unspecified atom stereocenters. The summed E-state index contributed by atoms with van der Waals surface area (Å²) in [5.74, 6) is -0.0235. The molecule has 0 aliphatic carbocycles. The van der Waals surface area contributed by atoms with Crippen LogP contribution < -0.4 is 10.2 Å². The Hall–Kier alpha value is -1.85. The van der Waals surface area contributed by atoms with E-state index in [2.05, 4.69) is 36.2 Å². The number of hydrogen-bond donors (Lipinski definition) is 1. The molecule has 24 heavy (non-hydrogen) atoms. The van der Waals surface area contributed by atoms with Gasteiger partial charge in [-0.1, -0.05) is 13.3 Å². The fourth-order valence-corrected chi connectivity index (χ4v) is 3.89. The number of nitrogens with zero attached hydrogens (tertiary/aromatic N) is 1. The first-order valence-corrected chi connectivity index (χ1v) is 9.32. The van der Waals surface area contributed by atoms with E-state index in [0.717, 1.165) is 49.7 Å². The van der Waals surface area contributed by atoms with Gasteiger partial charge in [-0.15, -0.1) is 11.3 Å². The molecular formula is C19H24N2O2S. The molecule has 0 saturated carbocycles. The quantitative estimate of drug-likeness (QED) is 0.888. The maximum absolute atomic E-state index is 12.4. The molecule has 0 radical (unpaired) electrons. The average Bonchev–Trinajstić information content (AvgIpc) is 2.98. The van der Waals surface area contributed by atoms with Crippen LogP contribution in [0.2, 0.25) is 0 Å². The van der Waals surface area contributed by atoms with Crippen molar-refractivity contribution in [1.82, 2.24) is 0 Å². The van der Waals surface area contributed by atoms with E-state index >= 15 is 0 Å². The van der Waals surface area contributed by atoms with Crippen LogP contribution in [0.5, 0.6) is 0 Å². The molecule has 1 aliphatic rings. The molecule has 1 amide bonds. The minimum Gasteiger partial charge on any atom is -0.378 e. The van der Waals surface area contributed by atoms with Gasteiger partial charge in [-0.2, -0.15) is 0 Å². The second-order valence-electron chi connectivity index (χ2n) is 6.04. The highest BCUT2D eigenvalue weighted by Gasteiger charge is 2.14. The number of nitrogens with one attached hydrogen (secondary N) is 1. The predicted molar refractivity (Wildman–Crippen MR) is 100 cm³/mol. The van der Waals surface area contributed by atoms with Crippen molar-refractivity contribution in [2.45, 2.75) is 26.7 Å². The Morgan fingerprint density at radius 1 is 1.25 bits per heavy atom. The molecule has 128 valence electrons. The highest BCUT2D eigenvalue weighted by atomic mass is 32.1.